The third-order valence-electron chi connectivity index (χ3n) is 2.68. The molecule has 90 valence electrons. The Balaban J connectivity index is 2.04. The SMILES string of the molecule is O=C1CCN(Cc2ccc(Cl)cc2)C(=O)CN1. The molecule has 0 spiro atoms. The van der Waals surface area contributed by atoms with Crippen molar-refractivity contribution in [1.82, 2.24) is 10.2 Å². The molecule has 0 atom stereocenters. The number of halogens is 1. The molecule has 4 nitrogen and oxygen atoms in total. The van der Waals surface area contributed by atoms with Crippen molar-refractivity contribution in [2.24, 2.45) is 0 Å². The molecule has 1 aromatic carbocycles. The summed E-state index contributed by atoms with van der Waals surface area (Å²) in [4.78, 5) is 24.6. The van der Waals surface area contributed by atoms with E-state index in [2.05, 4.69) is 5.32 Å². The van der Waals surface area contributed by atoms with Gasteiger partial charge in [0.25, 0.3) is 0 Å². The number of rotatable bonds is 2. The largest absolute Gasteiger partial charge is 0.347 e. The third kappa shape index (κ3) is 3.20. The lowest BCUT2D eigenvalue weighted by Gasteiger charge is -2.19. The Bertz CT molecular complexity index is 431. The van der Waals surface area contributed by atoms with E-state index in [4.69, 9.17) is 11.6 Å². The van der Waals surface area contributed by atoms with Gasteiger partial charge in [-0.1, -0.05) is 23.7 Å². The second kappa shape index (κ2) is 5.19. The van der Waals surface area contributed by atoms with E-state index in [-0.39, 0.29) is 18.4 Å². The lowest BCUT2D eigenvalue weighted by molar-refractivity contribution is -0.130. The number of carbonyl (C=O) groups is 2. The van der Waals surface area contributed by atoms with Gasteiger partial charge in [0, 0.05) is 24.5 Å². The van der Waals surface area contributed by atoms with Crippen molar-refractivity contribution in [3.63, 3.8) is 0 Å². The molecule has 1 aliphatic heterocycles. The smallest absolute Gasteiger partial charge is 0.242 e. The van der Waals surface area contributed by atoms with Crippen LogP contribution in [0.25, 0.3) is 0 Å². The zero-order valence-corrected chi connectivity index (χ0v) is 10.0. The lowest BCUT2D eigenvalue weighted by atomic mass is 10.2. The Morgan fingerprint density at radius 2 is 1.94 bits per heavy atom. The van der Waals surface area contributed by atoms with Crippen LogP contribution in [0.15, 0.2) is 24.3 Å². The molecule has 1 heterocycles. The van der Waals surface area contributed by atoms with Crippen molar-refractivity contribution >= 4 is 23.4 Å². The molecule has 0 unspecified atom stereocenters. The molecule has 1 N–H and O–H groups in total. The molecular formula is C12H13ClN2O2. The van der Waals surface area contributed by atoms with Crippen molar-refractivity contribution in [2.75, 3.05) is 13.1 Å². The van der Waals surface area contributed by atoms with E-state index < -0.39 is 0 Å². The van der Waals surface area contributed by atoms with Gasteiger partial charge in [-0.05, 0) is 17.7 Å². The minimum Gasteiger partial charge on any atom is -0.347 e. The minimum atomic E-state index is -0.0723. The van der Waals surface area contributed by atoms with Gasteiger partial charge in [-0.2, -0.15) is 0 Å². The molecule has 1 aromatic rings. The standard InChI is InChI=1S/C12H13ClN2O2/c13-10-3-1-9(2-4-10)8-15-6-5-11(16)14-7-12(15)17/h1-4H,5-8H2,(H,14,16). The number of nitrogens with one attached hydrogen (secondary N) is 1. The molecule has 0 bridgehead atoms. The van der Waals surface area contributed by atoms with E-state index in [1.54, 1.807) is 17.0 Å². The van der Waals surface area contributed by atoms with Crippen LogP contribution in [0, 0.1) is 0 Å². The minimum absolute atomic E-state index is 0.0502. The molecule has 17 heavy (non-hydrogen) atoms. The fraction of sp³-hybridized carbons (Fsp3) is 0.333. The molecule has 0 aliphatic carbocycles. The van der Waals surface area contributed by atoms with Crippen LogP contribution in [0.3, 0.4) is 0 Å². The maximum absolute atomic E-state index is 11.7. The first-order valence-corrected chi connectivity index (χ1v) is 5.82. The first-order chi connectivity index (χ1) is 8.15. The van der Waals surface area contributed by atoms with Crippen LogP contribution >= 0.6 is 11.6 Å². The van der Waals surface area contributed by atoms with Gasteiger partial charge in [0.2, 0.25) is 11.8 Å². The number of nitrogens with zero attached hydrogens (tertiary/aromatic N) is 1. The van der Waals surface area contributed by atoms with Crippen molar-refractivity contribution in [2.45, 2.75) is 13.0 Å². The van der Waals surface area contributed by atoms with Crippen LogP contribution in [-0.4, -0.2) is 29.8 Å². The predicted octanol–water partition coefficient (Wildman–Crippen LogP) is 1.19. The summed E-state index contributed by atoms with van der Waals surface area (Å²) >= 11 is 5.79. The van der Waals surface area contributed by atoms with E-state index in [0.717, 1.165) is 5.56 Å². The Labute approximate surface area is 105 Å². The van der Waals surface area contributed by atoms with Crippen LogP contribution in [0.4, 0.5) is 0 Å². The van der Waals surface area contributed by atoms with Gasteiger partial charge >= 0.3 is 0 Å². The van der Waals surface area contributed by atoms with E-state index in [0.29, 0.717) is 24.5 Å². The molecule has 1 aliphatic rings. The lowest BCUT2D eigenvalue weighted by Crippen LogP contribution is -2.34. The van der Waals surface area contributed by atoms with Gasteiger partial charge < -0.3 is 10.2 Å². The Hall–Kier alpha value is -1.55. The molecule has 2 rings (SSSR count). The first kappa shape index (κ1) is 11.9. The topological polar surface area (TPSA) is 49.4 Å². The highest BCUT2D eigenvalue weighted by molar-refractivity contribution is 6.30. The maximum atomic E-state index is 11.7. The molecule has 0 radical (unpaired) electrons. The number of hydrogen-bond acceptors (Lipinski definition) is 2. The zero-order valence-electron chi connectivity index (χ0n) is 9.28. The highest BCUT2D eigenvalue weighted by Crippen LogP contribution is 2.12. The highest BCUT2D eigenvalue weighted by Gasteiger charge is 2.19. The van der Waals surface area contributed by atoms with E-state index in [9.17, 15) is 9.59 Å². The van der Waals surface area contributed by atoms with E-state index in [1.807, 2.05) is 12.1 Å². The first-order valence-electron chi connectivity index (χ1n) is 5.44. The highest BCUT2D eigenvalue weighted by atomic mass is 35.5. The van der Waals surface area contributed by atoms with Crippen LogP contribution in [-0.2, 0) is 16.1 Å². The van der Waals surface area contributed by atoms with E-state index >= 15 is 0 Å². The Morgan fingerprint density at radius 3 is 2.65 bits per heavy atom. The molecule has 1 saturated heterocycles. The van der Waals surface area contributed by atoms with Gasteiger partial charge in [-0.3, -0.25) is 9.59 Å². The van der Waals surface area contributed by atoms with Crippen molar-refractivity contribution < 1.29 is 9.59 Å². The third-order valence-corrected chi connectivity index (χ3v) is 2.94. The average Bonchev–Trinajstić information content (AvgIpc) is 2.47. The summed E-state index contributed by atoms with van der Waals surface area (Å²) in [5.74, 6) is -0.122. The van der Waals surface area contributed by atoms with Crippen LogP contribution in [0.1, 0.15) is 12.0 Å². The second-order valence-electron chi connectivity index (χ2n) is 3.97. The van der Waals surface area contributed by atoms with Crippen molar-refractivity contribution in [3.05, 3.63) is 34.9 Å². The molecule has 2 amide bonds. The van der Waals surface area contributed by atoms with Crippen molar-refractivity contribution in [3.8, 4) is 0 Å². The predicted molar refractivity (Wildman–Crippen MR) is 64.5 cm³/mol. The van der Waals surface area contributed by atoms with Crippen molar-refractivity contribution in [1.29, 1.82) is 0 Å². The molecule has 0 saturated carbocycles. The maximum Gasteiger partial charge on any atom is 0.242 e. The normalized spacial score (nSPS) is 16.6. The number of benzene rings is 1. The molecule has 0 aromatic heterocycles. The molecular weight excluding hydrogens is 240 g/mol. The summed E-state index contributed by atoms with van der Waals surface area (Å²) in [5.41, 5.74) is 1.01. The zero-order chi connectivity index (χ0) is 12.3. The number of hydrogen-bond donors (Lipinski definition) is 1. The van der Waals surface area contributed by atoms with Crippen LogP contribution in [0.2, 0.25) is 5.02 Å². The number of amides is 2. The van der Waals surface area contributed by atoms with Gasteiger partial charge in [-0.15, -0.1) is 0 Å². The Kier molecular flexibility index (Phi) is 3.64. The van der Waals surface area contributed by atoms with E-state index in [1.165, 1.54) is 0 Å². The van der Waals surface area contributed by atoms with Gasteiger partial charge in [0.15, 0.2) is 0 Å². The summed E-state index contributed by atoms with van der Waals surface area (Å²) in [6.07, 6.45) is 0.360. The second-order valence-corrected chi connectivity index (χ2v) is 4.40. The van der Waals surface area contributed by atoms with Gasteiger partial charge in [0.05, 0.1) is 6.54 Å². The fourth-order valence-corrected chi connectivity index (χ4v) is 1.84. The molecule has 5 heteroatoms. The summed E-state index contributed by atoms with van der Waals surface area (Å²) in [6, 6.07) is 7.36. The Morgan fingerprint density at radius 1 is 1.24 bits per heavy atom. The molecule has 1 fully saturated rings. The summed E-state index contributed by atoms with van der Waals surface area (Å²) in [5, 5.41) is 3.24. The van der Waals surface area contributed by atoms with Crippen LogP contribution < -0.4 is 5.32 Å². The monoisotopic (exact) mass is 252 g/mol. The number of carbonyl (C=O) groups excluding carboxylic acids is 2. The summed E-state index contributed by atoms with van der Waals surface area (Å²) in [6.45, 7) is 1.07. The average molecular weight is 253 g/mol. The fourth-order valence-electron chi connectivity index (χ4n) is 1.71. The van der Waals surface area contributed by atoms with Crippen LogP contribution in [0.5, 0.6) is 0 Å². The quantitative estimate of drug-likeness (QED) is 0.860. The summed E-state index contributed by atoms with van der Waals surface area (Å²) in [7, 11) is 0. The van der Waals surface area contributed by atoms with Gasteiger partial charge in [-0.25, -0.2) is 0 Å². The van der Waals surface area contributed by atoms with Gasteiger partial charge in [0.1, 0.15) is 0 Å². The summed E-state index contributed by atoms with van der Waals surface area (Å²) < 4.78 is 0.